The third kappa shape index (κ3) is 5.13. The molecule has 1 aromatic rings. The standard InChI is InChI=1S/C24H28ClF3N4O4/c25-16-2-1-15(6-17(16)26)36-9-19(33)31-22-10-23(11-22,12-22)32-21(35)18-5-13(3-4-29-18)20(34)30-14-7-24(27,28)8-14/h1-2,6,13-14,18,29H,3-5,7-12H2,(H,30,34)(H,31,33)(H,32,35). The minimum atomic E-state index is -2.70. The van der Waals surface area contributed by atoms with Crippen LogP contribution in [0.25, 0.3) is 0 Å². The highest BCUT2D eigenvalue weighted by Gasteiger charge is 2.69. The molecule has 5 aliphatic rings. The van der Waals surface area contributed by atoms with Crippen molar-refractivity contribution < 1.29 is 32.3 Å². The lowest BCUT2D eigenvalue weighted by molar-refractivity contribution is -0.151. The summed E-state index contributed by atoms with van der Waals surface area (Å²) in [7, 11) is 0. The molecule has 4 saturated carbocycles. The molecular formula is C24H28ClF3N4O4. The summed E-state index contributed by atoms with van der Waals surface area (Å²) < 4.78 is 44.8. The predicted molar refractivity (Wildman–Crippen MR) is 123 cm³/mol. The van der Waals surface area contributed by atoms with Crippen LogP contribution in [-0.2, 0) is 14.4 Å². The fraction of sp³-hybridized carbons (Fsp3) is 0.625. The number of carbonyl (C=O) groups is 3. The number of hydrogen-bond donors (Lipinski definition) is 4. The van der Waals surface area contributed by atoms with Crippen LogP contribution in [0.1, 0.15) is 44.9 Å². The molecule has 196 valence electrons. The molecule has 36 heavy (non-hydrogen) atoms. The fourth-order valence-corrected chi connectivity index (χ4v) is 6.00. The topological polar surface area (TPSA) is 109 Å². The van der Waals surface area contributed by atoms with Gasteiger partial charge >= 0.3 is 0 Å². The Bertz CT molecular complexity index is 1060. The number of amides is 3. The molecule has 0 aromatic heterocycles. The van der Waals surface area contributed by atoms with Gasteiger partial charge in [-0.1, -0.05) is 11.6 Å². The molecule has 0 spiro atoms. The van der Waals surface area contributed by atoms with Crippen LogP contribution in [0.15, 0.2) is 18.2 Å². The van der Waals surface area contributed by atoms with E-state index < -0.39 is 29.7 Å². The van der Waals surface area contributed by atoms with Gasteiger partial charge in [-0.15, -0.1) is 0 Å². The number of hydrogen-bond acceptors (Lipinski definition) is 5. The van der Waals surface area contributed by atoms with Crippen molar-refractivity contribution in [2.75, 3.05) is 13.2 Å². The molecule has 3 amide bonds. The summed E-state index contributed by atoms with van der Waals surface area (Å²) in [6.07, 6.45) is 1.98. The molecule has 2 bridgehead atoms. The Morgan fingerprint density at radius 1 is 1.08 bits per heavy atom. The summed E-state index contributed by atoms with van der Waals surface area (Å²) >= 11 is 5.63. The quantitative estimate of drug-likeness (QED) is 0.413. The average Bonchev–Trinajstić information content (AvgIpc) is 2.76. The molecule has 1 aliphatic heterocycles. The van der Waals surface area contributed by atoms with Crippen LogP contribution in [-0.4, -0.2) is 60.0 Å². The molecule has 8 nitrogen and oxygen atoms in total. The SMILES string of the molecule is O=C(COc1ccc(Cl)c(F)c1)NC12CC(NC(=O)C3CC(C(=O)NC4CC(F)(F)C4)CCN3)(C1)C2. The summed E-state index contributed by atoms with van der Waals surface area (Å²) in [5.41, 5.74) is -0.759. The van der Waals surface area contributed by atoms with Crippen molar-refractivity contribution in [2.24, 2.45) is 5.92 Å². The lowest BCUT2D eigenvalue weighted by Gasteiger charge is -2.70. The van der Waals surface area contributed by atoms with E-state index in [9.17, 15) is 27.6 Å². The van der Waals surface area contributed by atoms with Gasteiger partial charge in [0.15, 0.2) is 6.61 Å². The lowest BCUT2D eigenvalue weighted by atomic mass is 9.44. The second-order valence-electron chi connectivity index (χ2n) is 10.7. The normalized spacial score (nSPS) is 32.2. The van der Waals surface area contributed by atoms with E-state index in [4.69, 9.17) is 16.3 Å². The smallest absolute Gasteiger partial charge is 0.258 e. The van der Waals surface area contributed by atoms with Gasteiger partial charge < -0.3 is 26.0 Å². The summed E-state index contributed by atoms with van der Waals surface area (Å²) in [4.78, 5) is 37.6. The lowest BCUT2D eigenvalue weighted by Crippen LogP contribution is -2.84. The molecule has 0 radical (unpaired) electrons. The van der Waals surface area contributed by atoms with Gasteiger partial charge in [-0.3, -0.25) is 14.4 Å². The number of carbonyl (C=O) groups excluding carboxylic acids is 3. The molecular weight excluding hydrogens is 501 g/mol. The highest BCUT2D eigenvalue weighted by Crippen LogP contribution is 2.60. The Labute approximate surface area is 211 Å². The van der Waals surface area contributed by atoms with Crippen molar-refractivity contribution in [1.29, 1.82) is 0 Å². The van der Waals surface area contributed by atoms with Crippen LogP contribution in [0.4, 0.5) is 13.2 Å². The van der Waals surface area contributed by atoms with E-state index in [1.54, 1.807) is 0 Å². The van der Waals surface area contributed by atoms with Crippen LogP contribution in [0.5, 0.6) is 5.75 Å². The van der Waals surface area contributed by atoms with E-state index in [0.717, 1.165) is 6.07 Å². The third-order valence-corrected chi connectivity index (χ3v) is 7.92. The van der Waals surface area contributed by atoms with E-state index in [1.165, 1.54) is 12.1 Å². The first-order valence-electron chi connectivity index (χ1n) is 12.1. The third-order valence-electron chi connectivity index (χ3n) is 7.61. The molecule has 12 heteroatoms. The van der Waals surface area contributed by atoms with Crippen LogP contribution in [0.2, 0.25) is 5.02 Å². The maximum absolute atomic E-state index is 13.5. The number of halogens is 4. The van der Waals surface area contributed by atoms with E-state index in [1.807, 2.05) is 0 Å². The Hall–Kier alpha value is -2.53. The van der Waals surface area contributed by atoms with Gasteiger partial charge in [-0.05, 0) is 50.8 Å². The van der Waals surface area contributed by atoms with Crippen molar-refractivity contribution in [3.8, 4) is 5.75 Å². The highest BCUT2D eigenvalue weighted by molar-refractivity contribution is 6.30. The Balaban J connectivity index is 1.03. The maximum Gasteiger partial charge on any atom is 0.258 e. The molecule has 5 fully saturated rings. The second kappa shape index (κ2) is 9.09. The Morgan fingerprint density at radius 2 is 1.78 bits per heavy atom. The van der Waals surface area contributed by atoms with E-state index >= 15 is 0 Å². The van der Waals surface area contributed by atoms with Crippen LogP contribution in [0, 0.1) is 11.7 Å². The van der Waals surface area contributed by atoms with Gasteiger partial charge in [0.05, 0.1) is 11.1 Å². The van der Waals surface area contributed by atoms with Gasteiger partial charge in [0.1, 0.15) is 11.6 Å². The minimum absolute atomic E-state index is 0.0313. The number of alkyl halides is 2. The zero-order valence-corrected chi connectivity index (χ0v) is 20.2. The maximum atomic E-state index is 13.5. The van der Waals surface area contributed by atoms with E-state index in [-0.39, 0.29) is 59.0 Å². The molecule has 4 N–H and O–H groups in total. The summed E-state index contributed by atoms with van der Waals surface area (Å²) in [5.74, 6) is -4.33. The molecule has 4 aliphatic carbocycles. The van der Waals surface area contributed by atoms with E-state index in [2.05, 4.69) is 21.3 Å². The van der Waals surface area contributed by atoms with Crippen molar-refractivity contribution in [3.05, 3.63) is 29.0 Å². The summed E-state index contributed by atoms with van der Waals surface area (Å²) in [6, 6.07) is 2.90. The minimum Gasteiger partial charge on any atom is -0.484 e. The zero-order chi connectivity index (χ0) is 25.7. The summed E-state index contributed by atoms with van der Waals surface area (Å²) in [5, 5.41) is 11.8. The van der Waals surface area contributed by atoms with E-state index in [0.29, 0.717) is 38.6 Å². The predicted octanol–water partition coefficient (Wildman–Crippen LogP) is 2.05. The molecule has 1 saturated heterocycles. The summed E-state index contributed by atoms with van der Waals surface area (Å²) in [6.45, 7) is 0.220. The van der Waals surface area contributed by atoms with Crippen molar-refractivity contribution >= 4 is 29.3 Å². The fourth-order valence-electron chi connectivity index (χ4n) is 5.89. The number of benzene rings is 1. The number of piperidine rings is 1. The van der Waals surface area contributed by atoms with Crippen molar-refractivity contribution in [1.82, 2.24) is 21.3 Å². The van der Waals surface area contributed by atoms with Gasteiger partial charge in [0.2, 0.25) is 11.8 Å². The van der Waals surface area contributed by atoms with Crippen LogP contribution in [0.3, 0.4) is 0 Å². The molecule has 1 heterocycles. The first kappa shape index (κ1) is 25.1. The largest absolute Gasteiger partial charge is 0.484 e. The zero-order valence-electron chi connectivity index (χ0n) is 19.5. The van der Waals surface area contributed by atoms with Gasteiger partial charge in [0, 0.05) is 41.9 Å². The molecule has 1 aromatic carbocycles. The first-order valence-corrected chi connectivity index (χ1v) is 12.5. The van der Waals surface area contributed by atoms with Crippen LogP contribution >= 0.6 is 11.6 Å². The Morgan fingerprint density at radius 3 is 2.44 bits per heavy atom. The van der Waals surface area contributed by atoms with Crippen molar-refractivity contribution in [2.45, 2.75) is 74.0 Å². The van der Waals surface area contributed by atoms with Gasteiger partial charge in [-0.2, -0.15) is 0 Å². The first-order chi connectivity index (χ1) is 17.0. The van der Waals surface area contributed by atoms with Crippen molar-refractivity contribution in [3.63, 3.8) is 0 Å². The van der Waals surface area contributed by atoms with Gasteiger partial charge in [-0.25, -0.2) is 13.2 Å². The monoisotopic (exact) mass is 528 g/mol. The number of ether oxygens (including phenoxy) is 1. The average molecular weight is 529 g/mol. The number of rotatable bonds is 8. The molecule has 6 rings (SSSR count). The molecule has 2 unspecified atom stereocenters. The number of nitrogens with one attached hydrogen (secondary N) is 4. The molecule has 2 atom stereocenters. The Kier molecular flexibility index (Phi) is 6.35. The van der Waals surface area contributed by atoms with Crippen LogP contribution < -0.4 is 26.0 Å². The highest BCUT2D eigenvalue weighted by atomic mass is 35.5. The second-order valence-corrected chi connectivity index (χ2v) is 11.1. The van der Waals surface area contributed by atoms with Gasteiger partial charge in [0.25, 0.3) is 11.8 Å².